The van der Waals surface area contributed by atoms with Crippen molar-refractivity contribution < 1.29 is 0 Å². The van der Waals surface area contributed by atoms with E-state index >= 15 is 0 Å². The average Bonchev–Trinajstić information content (AvgIpc) is 2.53. The van der Waals surface area contributed by atoms with E-state index in [1.807, 2.05) is 0 Å². The average molecular weight is 181 g/mol. The molecule has 1 heteroatoms. The molecule has 0 aromatic rings. The van der Waals surface area contributed by atoms with E-state index in [0.29, 0.717) is 0 Å². The van der Waals surface area contributed by atoms with Crippen molar-refractivity contribution in [2.45, 2.75) is 64.5 Å². The lowest BCUT2D eigenvalue weighted by Gasteiger charge is -2.37. The molecule has 1 nitrogen and oxygen atoms in total. The summed E-state index contributed by atoms with van der Waals surface area (Å²) in [5.41, 5.74) is 0. The SMILES string of the molecule is CC1CC(N[C@H](C)C2CCCC2)C1. The molecule has 2 saturated carbocycles. The molecule has 0 aliphatic heterocycles. The van der Waals surface area contributed by atoms with Crippen LogP contribution in [0.15, 0.2) is 0 Å². The molecule has 0 saturated heterocycles. The van der Waals surface area contributed by atoms with Gasteiger partial charge in [-0.05, 0) is 44.4 Å². The number of rotatable bonds is 3. The lowest BCUT2D eigenvalue weighted by molar-refractivity contribution is 0.204. The third-order valence-corrected chi connectivity index (χ3v) is 3.98. The Balaban J connectivity index is 1.68. The summed E-state index contributed by atoms with van der Waals surface area (Å²) in [5, 5.41) is 3.79. The van der Waals surface area contributed by atoms with E-state index in [1.54, 1.807) is 0 Å². The van der Waals surface area contributed by atoms with Crippen LogP contribution in [0.5, 0.6) is 0 Å². The first kappa shape index (κ1) is 9.51. The molecule has 0 bridgehead atoms. The normalized spacial score (nSPS) is 37.4. The summed E-state index contributed by atoms with van der Waals surface area (Å²) < 4.78 is 0. The predicted octanol–water partition coefficient (Wildman–Crippen LogP) is 2.95. The third-order valence-electron chi connectivity index (χ3n) is 3.98. The Morgan fingerprint density at radius 1 is 1.15 bits per heavy atom. The molecular weight excluding hydrogens is 158 g/mol. The molecule has 1 N–H and O–H groups in total. The summed E-state index contributed by atoms with van der Waals surface area (Å²) in [7, 11) is 0. The van der Waals surface area contributed by atoms with Gasteiger partial charge in [0.1, 0.15) is 0 Å². The molecular formula is C12H23N. The van der Waals surface area contributed by atoms with E-state index in [-0.39, 0.29) is 0 Å². The van der Waals surface area contributed by atoms with Gasteiger partial charge >= 0.3 is 0 Å². The van der Waals surface area contributed by atoms with Gasteiger partial charge in [0.05, 0.1) is 0 Å². The fourth-order valence-electron chi connectivity index (χ4n) is 3.00. The van der Waals surface area contributed by atoms with Crippen molar-refractivity contribution in [2.24, 2.45) is 11.8 Å². The van der Waals surface area contributed by atoms with Crippen LogP contribution in [0, 0.1) is 11.8 Å². The maximum absolute atomic E-state index is 3.79. The number of hydrogen-bond acceptors (Lipinski definition) is 1. The molecule has 0 heterocycles. The molecule has 76 valence electrons. The van der Waals surface area contributed by atoms with Gasteiger partial charge in [0, 0.05) is 12.1 Å². The van der Waals surface area contributed by atoms with Gasteiger partial charge in [0.2, 0.25) is 0 Å². The van der Waals surface area contributed by atoms with Gasteiger partial charge < -0.3 is 5.32 Å². The Labute approximate surface area is 82.3 Å². The monoisotopic (exact) mass is 181 g/mol. The van der Waals surface area contributed by atoms with Crippen LogP contribution < -0.4 is 5.32 Å². The predicted molar refractivity (Wildman–Crippen MR) is 56.7 cm³/mol. The Kier molecular flexibility index (Phi) is 2.92. The maximum Gasteiger partial charge on any atom is 0.00747 e. The second-order valence-electron chi connectivity index (χ2n) is 5.27. The summed E-state index contributed by atoms with van der Waals surface area (Å²) in [5.74, 6) is 1.96. The minimum atomic E-state index is 0.778. The van der Waals surface area contributed by atoms with Gasteiger partial charge in [-0.3, -0.25) is 0 Å². The minimum absolute atomic E-state index is 0.778. The number of hydrogen-bond donors (Lipinski definition) is 1. The van der Waals surface area contributed by atoms with E-state index in [1.165, 1.54) is 38.5 Å². The molecule has 0 spiro atoms. The van der Waals surface area contributed by atoms with E-state index < -0.39 is 0 Å². The molecule has 0 amide bonds. The number of nitrogens with one attached hydrogen (secondary N) is 1. The highest BCUT2D eigenvalue weighted by Gasteiger charge is 2.29. The van der Waals surface area contributed by atoms with Gasteiger partial charge in [0.15, 0.2) is 0 Å². The van der Waals surface area contributed by atoms with E-state index in [4.69, 9.17) is 0 Å². The van der Waals surface area contributed by atoms with Crippen LogP contribution in [0.2, 0.25) is 0 Å². The van der Waals surface area contributed by atoms with Crippen molar-refractivity contribution in [1.82, 2.24) is 5.32 Å². The van der Waals surface area contributed by atoms with E-state index in [9.17, 15) is 0 Å². The second-order valence-corrected chi connectivity index (χ2v) is 5.27. The van der Waals surface area contributed by atoms with Crippen molar-refractivity contribution in [3.63, 3.8) is 0 Å². The fourth-order valence-corrected chi connectivity index (χ4v) is 3.00. The first-order valence-electron chi connectivity index (χ1n) is 6.01. The first-order valence-corrected chi connectivity index (χ1v) is 6.01. The second kappa shape index (κ2) is 4.00. The molecule has 1 atom stereocenters. The highest BCUT2D eigenvalue weighted by atomic mass is 15.0. The zero-order valence-corrected chi connectivity index (χ0v) is 9.05. The zero-order chi connectivity index (χ0) is 9.26. The van der Waals surface area contributed by atoms with Crippen molar-refractivity contribution in [3.8, 4) is 0 Å². The fraction of sp³-hybridized carbons (Fsp3) is 1.00. The van der Waals surface area contributed by atoms with Crippen molar-refractivity contribution >= 4 is 0 Å². The highest BCUT2D eigenvalue weighted by molar-refractivity contribution is 4.87. The molecule has 13 heavy (non-hydrogen) atoms. The smallest absolute Gasteiger partial charge is 0.00747 e. The molecule has 2 aliphatic carbocycles. The largest absolute Gasteiger partial charge is 0.311 e. The molecule has 2 rings (SSSR count). The standard InChI is InChI=1S/C12H23N/c1-9-7-12(8-9)13-10(2)11-5-3-4-6-11/h9-13H,3-8H2,1-2H3/t9?,10-,12?/m1/s1. The van der Waals surface area contributed by atoms with Crippen LogP contribution in [0.3, 0.4) is 0 Å². The quantitative estimate of drug-likeness (QED) is 0.706. The van der Waals surface area contributed by atoms with Crippen LogP contribution in [0.25, 0.3) is 0 Å². The molecule has 0 radical (unpaired) electrons. The van der Waals surface area contributed by atoms with Crippen LogP contribution >= 0.6 is 0 Å². The lowest BCUT2D eigenvalue weighted by atomic mass is 9.81. The van der Waals surface area contributed by atoms with Crippen molar-refractivity contribution in [3.05, 3.63) is 0 Å². The minimum Gasteiger partial charge on any atom is -0.311 e. The molecule has 2 aliphatic rings. The van der Waals surface area contributed by atoms with E-state index in [0.717, 1.165) is 23.9 Å². The molecule has 0 unspecified atom stereocenters. The van der Waals surface area contributed by atoms with Crippen molar-refractivity contribution in [1.29, 1.82) is 0 Å². The molecule has 0 aromatic carbocycles. The van der Waals surface area contributed by atoms with Gasteiger partial charge in [0.25, 0.3) is 0 Å². The topological polar surface area (TPSA) is 12.0 Å². The third kappa shape index (κ3) is 2.25. The van der Waals surface area contributed by atoms with Crippen molar-refractivity contribution in [2.75, 3.05) is 0 Å². The maximum atomic E-state index is 3.79. The van der Waals surface area contributed by atoms with Crippen LogP contribution in [0.1, 0.15) is 52.4 Å². The van der Waals surface area contributed by atoms with Gasteiger partial charge in [-0.1, -0.05) is 19.8 Å². The zero-order valence-electron chi connectivity index (χ0n) is 9.05. The summed E-state index contributed by atoms with van der Waals surface area (Å²) >= 11 is 0. The van der Waals surface area contributed by atoms with Crippen LogP contribution in [-0.2, 0) is 0 Å². The Morgan fingerprint density at radius 3 is 2.31 bits per heavy atom. The summed E-state index contributed by atoms with van der Waals surface area (Å²) in [6.45, 7) is 4.75. The molecule has 0 aromatic heterocycles. The van der Waals surface area contributed by atoms with Crippen LogP contribution in [0.4, 0.5) is 0 Å². The van der Waals surface area contributed by atoms with Gasteiger partial charge in [-0.15, -0.1) is 0 Å². The Hall–Kier alpha value is -0.0400. The van der Waals surface area contributed by atoms with E-state index in [2.05, 4.69) is 19.2 Å². The first-order chi connectivity index (χ1) is 6.25. The lowest BCUT2D eigenvalue weighted by Crippen LogP contribution is -2.46. The van der Waals surface area contributed by atoms with Gasteiger partial charge in [-0.25, -0.2) is 0 Å². The highest BCUT2D eigenvalue weighted by Crippen LogP contribution is 2.31. The van der Waals surface area contributed by atoms with Crippen LogP contribution in [-0.4, -0.2) is 12.1 Å². The summed E-state index contributed by atoms with van der Waals surface area (Å²) in [6, 6.07) is 1.63. The Bertz CT molecular complexity index is 155. The summed E-state index contributed by atoms with van der Waals surface area (Å²) in [4.78, 5) is 0. The summed E-state index contributed by atoms with van der Waals surface area (Å²) in [6.07, 6.45) is 8.70. The Morgan fingerprint density at radius 2 is 1.77 bits per heavy atom. The van der Waals surface area contributed by atoms with Gasteiger partial charge in [-0.2, -0.15) is 0 Å². The molecule has 2 fully saturated rings.